The molecule has 0 aliphatic carbocycles. The number of hydrogen-bond acceptors (Lipinski definition) is 8. The molecular weight excluding hydrogens is 336 g/mol. The van der Waals surface area contributed by atoms with Crippen molar-refractivity contribution in [1.82, 2.24) is 10.2 Å². The van der Waals surface area contributed by atoms with Gasteiger partial charge in [-0.2, -0.15) is 10.2 Å². The first-order valence-corrected chi connectivity index (χ1v) is 6.72. The van der Waals surface area contributed by atoms with Crippen LogP contribution >= 0.6 is 0 Å². The van der Waals surface area contributed by atoms with Gasteiger partial charge in [-0.15, -0.1) is 10.2 Å². The molecule has 0 aromatic carbocycles. The molecule has 2 heterocycles. The second-order valence-electron chi connectivity index (χ2n) is 3.62. The smallest absolute Gasteiger partial charge is 0.258 e. The summed E-state index contributed by atoms with van der Waals surface area (Å²) in [5.41, 5.74) is 20.9. The second-order valence-corrected chi connectivity index (χ2v) is 4.44. The molecule has 0 atom stereocenters. The Hall–Kier alpha value is -3.17. The molecule has 12 N–H and O–H groups in total. The molecule has 0 saturated heterocycles. The fourth-order valence-electron chi connectivity index (χ4n) is 1.07. The third kappa shape index (κ3) is 8.65. The lowest BCUT2D eigenvalue weighted by Crippen LogP contribution is -2.11. The number of carbonyl (C=O) groups is 2. The van der Waals surface area contributed by atoms with Gasteiger partial charge in [0.05, 0.1) is 0 Å². The lowest BCUT2D eigenvalue weighted by Gasteiger charge is -2.06. The van der Waals surface area contributed by atoms with Crippen molar-refractivity contribution in [1.29, 1.82) is 0 Å². The van der Waals surface area contributed by atoms with Crippen molar-refractivity contribution in [2.24, 2.45) is 11.5 Å². The molecule has 0 unspecified atom stereocenters. The lowest BCUT2D eigenvalue weighted by atomic mass is 10.3. The van der Waals surface area contributed by atoms with Gasteiger partial charge in [0.15, 0.2) is 22.8 Å². The van der Waals surface area contributed by atoms with Crippen LogP contribution in [0.3, 0.4) is 0 Å². The van der Waals surface area contributed by atoms with Gasteiger partial charge in [0.2, 0.25) is 12.4 Å². The fourth-order valence-corrected chi connectivity index (χ4v) is 1.07. The maximum absolute atomic E-state index is 10.4. The van der Waals surface area contributed by atoms with E-state index in [2.05, 4.69) is 20.4 Å². The Bertz CT molecular complexity index is 707. The Labute approximate surface area is 128 Å². The maximum atomic E-state index is 10.4. The van der Waals surface area contributed by atoms with Gasteiger partial charge in [-0.3, -0.25) is 18.0 Å². The van der Waals surface area contributed by atoms with Crippen LogP contribution in [0.4, 0.5) is 11.6 Å². The molecular formula is C8H14N8O6S. The number of primary amides is 2. The summed E-state index contributed by atoms with van der Waals surface area (Å²) in [6.45, 7) is 0. The van der Waals surface area contributed by atoms with Gasteiger partial charge in [0, 0.05) is 10.4 Å². The van der Waals surface area contributed by atoms with Gasteiger partial charge >= 0.3 is 0 Å². The minimum absolute atomic E-state index is 0.266. The first-order chi connectivity index (χ1) is 10.4. The first-order valence-electron chi connectivity index (χ1n) is 5.38. The third-order valence-electron chi connectivity index (χ3n) is 1.96. The average Bonchev–Trinajstić information content (AvgIpc) is 2.96. The molecule has 0 spiro atoms. The van der Waals surface area contributed by atoms with Gasteiger partial charge in [0.25, 0.3) is 11.8 Å². The molecule has 2 aromatic heterocycles. The summed E-state index contributed by atoms with van der Waals surface area (Å²) in [4.78, 5) is 20.8. The Morgan fingerprint density at radius 1 is 0.913 bits per heavy atom. The standard InChI is InChI=1S/2C4H6N4O.H2O4S/c2*5-3-2(4(6)9)1-7-8-3;1-5(2,3)4/h2*1H,(H2,6,9)(H3,5,7,8);(H2,1,2,3,4). The summed E-state index contributed by atoms with van der Waals surface area (Å²) in [7, 11) is -5.17. The van der Waals surface area contributed by atoms with Gasteiger partial charge < -0.3 is 32.0 Å². The van der Waals surface area contributed by atoms with E-state index in [1.165, 1.54) is 12.4 Å². The lowest BCUT2D eigenvalue weighted by molar-refractivity contribution is -0.448. The number of aromatic nitrogens is 4. The Kier molecular flexibility index (Phi) is 7.17. The predicted octanol–water partition coefficient (Wildman–Crippen LogP) is -4.32. The molecule has 0 bridgehead atoms. The highest BCUT2D eigenvalue weighted by Gasteiger charge is 2.10. The van der Waals surface area contributed by atoms with E-state index in [1.54, 1.807) is 0 Å². The zero-order valence-electron chi connectivity index (χ0n) is 11.3. The largest absolute Gasteiger partial charge is 0.759 e. The van der Waals surface area contributed by atoms with Gasteiger partial charge in [0.1, 0.15) is 0 Å². The van der Waals surface area contributed by atoms with Gasteiger partial charge in [-0.1, -0.05) is 0 Å². The second kappa shape index (κ2) is 8.32. The van der Waals surface area contributed by atoms with Crippen molar-refractivity contribution in [3.05, 3.63) is 23.5 Å². The Morgan fingerprint density at radius 2 is 1.17 bits per heavy atom. The van der Waals surface area contributed by atoms with Crippen LogP contribution in [0.1, 0.15) is 20.7 Å². The first kappa shape index (κ1) is 19.8. The van der Waals surface area contributed by atoms with Crippen LogP contribution in [-0.2, 0) is 10.4 Å². The number of anilines is 2. The van der Waals surface area contributed by atoms with E-state index >= 15 is 0 Å². The quantitative estimate of drug-likeness (QED) is 0.227. The molecule has 0 radical (unpaired) electrons. The normalized spacial score (nSPS) is 9.83. The summed E-state index contributed by atoms with van der Waals surface area (Å²) in [5, 5.41) is 10.1. The summed E-state index contributed by atoms with van der Waals surface area (Å²) in [5.74, 6) is -0.542. The number of aromatic amines is 4. The molecule has 0 aliphatic rings. The van der Waals surface area contributed by atoms with Crippen molar-refractivity contribution >= 4 is 33.8 Å². The minimum Gasteiger partial charge on any atom is -0.759 e. The molecule has 2 amide bonds. The molecule has 0 saturated carbocycles. The Morgan fingerprint density at radius 3 is 1.26 bits per heavy atom. The highest BCUT2D eigenvalue weighted by Crippen LogP contribution is 2.00. The number of nitrogens with one attached hydrogen (secondary N) is 4. The Balaban J connectivity index is 0.000000332. The van der Waals surface area contributed by atoms with Crippen molar-refractivity contribution in [3.63, 3.8) is 0 Å². The van der Waals surface area contributed by atoms with Gasteiger partial charge in [-0.05, 0) is 0 Å². The number of carbonyl (C=O) groups excluding carboxylic acids is 2. The van der Waals surface area contributed by atoms with Crippen LogP contribution in [0.2, 0.25) is 0 Å². The number of hydrogen-bond donors (Lipinski definition) is 6. The zero-order valence-corrected chi connectivity index (χ0v) is 12.1. The van der Waals surface area contributed by atoms with Crippen LogP contribution in [-0.4, -0.2) is 39.5 Å². The van der Waals surface area contributed by atoms with Crippen LogP contribution in [0.5, 0.6) is 0 Å². The van der Waals surface area contributed by atoms with Crippen LogP contribution in [0, 0.1) is 0 Å². The number of rotatable bonds is 2. The van der Waals surface area contributed by atoms with Crippen LogP contribution < -0.4 is 33.1 Å². The zero-order chi connectivity index (χ0) is 18.2. The molecule has 0 aliphatic heterocycles. The molecule has 14 nitrogen and oxygen atoms in total. The number of H-pyrrole nitrogens is 4. The van der Waals surface area contributed by atoms with E-state index in [4.69, 9.17) is 40.5 Å². The topological polar surface area (TPSA) is 278 Å². The highest BCUT2D eigenvalue weighted by molar-refractivity contribution is 7.79. The van der Waals surface area contributed by atoms with Crippen molar-refractivity contribution in [3.8, 4) is 0 Å². The fraction of sp³-hybridized carbons (Fsp3) is 0. The van der Waals surface area contributed by atoms with Gasteiger partial charge in [-0.25, -0.2) is 0 Å². The molecule has 2 aromatic rings. The van der Waals surface area contributed by atoms with Crippen molar-refractivity contribution in [2.75, 3.05) is 11.5 Å². The highest BCUT2D eigenvalue weighted by atomic mass is 32.3. The predicted molar refractivity (Wildman–Crippen MR) is 71.0 cm³/mol. The maximum Gasteiger partial charge on any atom is 0.258 e. The van der Waals surface area contributed by atoms with E-state index in [-0.39, 0.29) is 22.8 Å². The molecule has 2 rings (SSSR count). The molecule has 15 heteroatoms. The number of nitrogen functional groups attached to an aromatic ring is 2. The van der Waals surface area contributed by atoms with Crippen molar-refractivity contribution in [2.45, 2.75) is 0 Å². The van der Waals surface area contributed by atoms with E-state index in [1.807, 2.05) is 0 Å². The number of nitrogens with two attached hydrogens (primary N) is 4. The third-order valence-corrected chi connectivity index (χ3v) is 1.96. The molecule has 23 heavy (non-hydrogen) atoms. The number of amides is 2. The van der Waals surface area contributed by atoms with Crippen LogP contribution in [0.25, 0.3) is 0 Å². The molecule has 0 fully saturated rings. The van der Waals surface area contributed by atoms with E-state index in [9.17, 15) is 9.59 Å². The summed E-state index contributed by atoms with van der Waals surface area (Å²) < 4.78 is 34.1. The summed E-state index contributed by atoms with van der Waals surface area (Å²) in [6.07, 6.45) is 2.83. The average molecular weight is 350 g/mol. The van der Waals surface area contributed by atoms with Crippen molar-refractivity contribution < 1.29 is 37.3 Å². The monoisotopic (exact) mass is 350 g/mol. The summed E-state index contributed by atoms with van der Waals surface area (Å²) in [6, 6.07) is 0. The van der Waals surface area contributed by atoms with Crippen LogP contribution in [0.15, 0.2) is 12.4 Å². The molecule has 128 valence electrons. The van der Waals surface area contributed by atoms with E-state index in [0.29, 0.717) is 0 Å². The van der Waals surface area contributed by atoms with E-state index < -0.39 is 22.2 Å². The van der Waals surface area contributed by atoms with E-state index in [0.717, 1.165) is 0 Å². The SMILES string of the molecule is NC(=O)c1c[nH+][nH]c1N.NC(=O)c1c[nH+][nH]c1N.O=S(=O)([O-])[O-]. The minimum atomic E-state index is -5.17. The summed E-state index contributed by atoms with van der Waals surface area (Å²) >= 11 is 0.